The van der Waals surface area contributed by atoms with Crippen LogP contribution in [0.1, 0.15) is 5.69 Å². The number of para-hydroxylation sites is 2. The number of hydrogen-bond donors (Lipinski definition) is 0. The number of hydrogen-bond acceptors (Lipinski definition) is 4. The Morgan fingerprint density at radius 1 is 1.05 bits per heavy atom. The molecule has 0 saturated heterocycles. The van der Waals surface area contributed by atoms with Crippen LogP contribution in [0.3, 0.4) is 0 Å². The highest BCUT2D eigenvalue weighted by Crippen LogP contribution is 2.24. The Labute approximate surface area is 114 Å². The highest BCUT2D eigenvalue weighted by atomic mass is 15.3. The fourth-order valence-electron chi connectivity index (χ4n) is 2.57. The number of nitrogens with zero attached hydrogens (tertiary/aromatic N) is 6. The standard InChI is InChI=1S/C14H12N6/c1-9-12-13(19(2)18-9)15-7-16-14(12)20-8-17-10-5-3-4-6-11(10)20/h3-8H,1-2H3. The quantitative estimate of drug-likeness (QED) is 0.527. The summed E-state index contributed by atoms with van der Waals surface area (Å²) in [5.74, 6) is 0.814. The molecule has 0 saturated carbocycles. The number of benzene rings is 1. The third-order valence-electron chi connectivity index (χ3n) is 3.46. The zero-order valence-corrected chi connectivity index (χ0v) is 11.1. The molecule has 4 rings (SSSR count). The van der Waals surface area contributed by atoms with E-state index in [-0.39, 0.29) is 0 Å². The van der Waals surface area contributed by atoms with E-state index in [9.17, 15) is 0 Å². The van der Waals surface area contributed by atoms with Crippen molar-refractivity contribution in [2.24, 2.45) is 7.05 Å². The van der Waals surface area contributed by atoms with Crippen LogP contribution >= 0.6 is 0 Å². The molecule has 0 fully saturated rings. The van der Waals surface area contributed by atoms with Gasteiger partial charge in [-0.1, -0.05) is 12.1 Å². The van der Waals surface area contributed by atoms with Gasteiger partial charge in [0.25, 0.3) is 0 Å². The lowest BCUT2D eigenvalue weighted by Gasteiger charge is -2.04. The third kappa shape index (κ3) is 1.38. The maximum Gasteiger partial charge on any atom is 0.163 e. The molecule has 0 amide bonds. The van der Waals surface area contributed by atoms with Gasteiger partial charge in [0.1, 0.15) is 12.7 Å². The van der Waals surface area contributed by atoms with Gasteiger partial charge in [0.2, 0.25) is 0 Å². The van der Waals surface area contributed by atoms with Crippen molar-refractivity contribution in [3.05, 3.63) is 42.6 Å². The van der Waals surface area contributed by atoms with Crippen molar-refractivity contribution >= 4 is 22.1 Å². The summed E-state index contributed by atoms with van der Waals surface area (Å²) in [6.07, 6.45) is 3.35. The molecule has 3 aromatic heterocycles. The molecule has 0 spiro atoms. The Bertz CT molecular complexity index is 933. The van der Waals surface area contributed by atoms with Crippen LogP contribution in [-0.2, 0) is 7.05 Å². The van der Waals surface area contributed by atoms with E-state index in [0.717, 1.165) is 33.6 Å². The summed E-state index contributed by atoms with van der Waals surface area (Å²) >= 11 is 0. The summed E-state index contributed by atoms with van der Waals surface area (Å²) < 4.78 is 3.75. The highest BCUT2D eigenvalue weighted by molar-refractivity contribution is 5.88. The first-order valence-corrected chi connectivity index (χ1v) is 6.32. The Hall–Kier alpha value is -2.76. The van der Waals surface area contributed by atoms with Crippen LogP contribution in [0, 0.1) is 6.92 Å². The van der Waals surface area contributed by atoms with E-state index < -0.39 is 0 Å². The van der Waals surface area contributed by atoms with Gasteiger partial charge < -0.3 is 0 Å². The number of fused-ring (bicyclic) bond motifs is 2. The molecule has 0 radical (unpaired) electrons. The van der Waals surface area contributed by atoms with E-state index >= 15 is 0 Å². The molecule has 0 N–H and O–H groups in total. The minimum atomic E-state index is 0.814. The summed E-state index contributed by atoms with van der Waals surface area (Å²) in [4.78, 5) is 13.2. The van der Waals surface area contributed by atoms with Crippen LogP contribution in [0.25, 0.3) is 27.9 Å². The van der Waals surface area contributed by atoms with E-state index in [1.54, 1.807) is 17.3 Å². The van der Waals surface area contributed by atoms with E-state index in [1.807, 2.05) is 42.8 Å². The molecular weight excluding hydrogens is 252 g/mol. The Kier molecular flexibility index (Phi) is 2.14. The third-order valence-corrected chi connectivity index (χ3v) is 3.46. The van der Waals surface area contributed by atoms with Crippen LogP contribution in [0.5, 0.6) is 0 Å². The molecular formula is C14H12N6. The lowest BCUT2D eigenvalue weighted by molar-refractivity contribution is 0.773. The van der Waals surface area contributed by atoms with Gasteiger partial charge in [0.15, 0.2) is 11.5 Å². The van der Waals surface area contributed by atoms with Gasteiger partial charge in [-0.15, -0.1) is 0 Å². The van der Waals surface area contributed by atoms with Crippen LogP contribution in [0.15, 0.2) is 36.9 Å². The number of imidazole rings is 1. The minimum absolute atomic E-state index is 0.814. The Morgan fingerprint density at radius 2 is 1.90 bits per heavy atom. The lowest BCUT2D eigenvalue weighted by Crippen LogP contribution is -1.99. The second-order valence-corrected chi connectivity index (χ2v) is 4.71. The number of rotatable bonds is 1. The zero-order chi connectivity index (χ0) is 13.7. The smallest absolute Gasteiger partial charge is 0.163 e. The second kappa shape index (κ2) is 3.86. The fraction of sp³-hybridized carbons (Fsp3) is 0.143. The van der Waals surface area contributed by atoms with Gasteiger partial charge in [-0.3, -0.25) is 9.25 Å². The monoisotopic (exact) mass is 264 g/mol. The molecule has 6 nitrogen and oxygen atoms in total. The summed E-state index contributed by atoms with van der Waals surface area (Å²) in [6.45, 7) is 1.97. The van der Waals surface area contributed by atoms with Gasteiger partial charge in [-0.25, -0.2) is 15.0 Å². The van der Waals surface area contributed by atoms with E-state index in [2.05, 4.69) is 20.1 Å². The van der Waals surface area contributed by atoms with Crippen molar-refractivity contribution < 1.29 is 0 Å². The van der Waals surface area contributed by atoms with Crippen molar-refractivity contribution in [2.45, 2.75) is 6.92 Å². The van der Waals surface area contributed by atoms with E-state index in [0.29, 0.717) is 0 Å². The van der Waals surface area contributed by atoms with E-state index in [1.165, 1.54) is 0 Å². The Balaban J connectivity index is 2.13. The molecule has 20 heavy (non-hydrogen) atoms. The minimum Gasteiger partial charge on any atom is -0.282 e. The topological polar surface area (TPSA) is 61.4 Å². The first-order valence-electron chi connectivity index (χ1n) is 6.32. The van der Waals surface area contributed by atoms with Gasteiger partial charge in [0.05, 0.1) is 22.1 Å². The summed E-state index contributed by atoms with van der Waals surface area (Å²) in [5, 5.41) is 5.38. The summed E-state index contributed by atoms with van der Waals surface area (Å²) in [5.41, 5.74) is 3.71. The molecule has 3 heterocycles. The average Bonchev–Trinajstić information content (AvgIpc) is 3.01. The fourth-order valence-corrected chi connectivity index (χ4v) is 2.57. The molecule has 6 heteroatoms. The zero-order valence-electron chi connectivity index (χ0n) is 11.1. The van der Waals surface area contributed by atoms with Crippen LogP contribution in [0.4, 0.5) is 0 Å². The number of aryl methyl sites for hydroxylation is 2. The highest BCUT2D eigenvalue weighted by Gasteiger charge is 2.15. The predicted octanol–water partition coefficient (Wildman–Crippen LogP) is 2.01. The summed E-state index contributed by atoms with van der Waals surface area (Å²) in [7, 11) is 1.89. The molecule has 0 aliphatic heterocycles. The lowest BCUT2D eigenvalue weighted by atomic mass is 10.3. The predicted molar refractivity (Wildman–Crippen MR) is 75.7 cm³/mol. The molecule has 98 valence electrons. The van der Waals surface area contributed by atoms with Crippen molar-refractivity contribution in [1.29, 1.82) is 0 Å². The molecule has 0 aliphatic carbocycles. The summed E-state index contributed by atoms with van der Waals surface area (Å²) in [6, 6.07) is 7.99. The maximum atomic E-state index is 4.43. The maximum absolute atomic E-state index is 4.43. The normalized spacial score (nSPS) is 11.5. The van der Waals surface area contributed by atoms with Crippen molar-refractivity contribution in [1.82, 2.24) is 29.3 Å². The molecule has 1 aromatic carbocycles. The molecule has 0 unspecified atom stereocenters. The first kappa shape index (κ1) is 11.1. The largest absolute Gasteiger partial charge is 0.282 e. The van der Waals surface area contributed by atoms with Crippen LogP contribution in [0.2, 0.25) is 0 Å². The Morgan fingerprint density at radius 3 is 2.80 bits per heavy atom. The molecule has 0 bridgehead atoms. The van der Waals surface area contributed by atoms with Crippen molar-refractivity contribution in [2.75, 3.05) is 0 Å². The first-order chi connectivity index (χ1) is 9.75. The van der Waals surface area contributed by atoms with Gasteiger partial charge in [-0.05, 0) is 19.1 Å². The second-order valence-electron chi connectivity index (χ2n) is 4.71. The molecule has 4 aromatic rings. The van der Waals surface area contributed by atoms with Crippen molar-refractivity contribution in [3.63, 3.8) is 0 Å². The van der Waals surface area contributed by atoms with Crippen molar-refractivity contribution in [3.8, 4) is 5.82 Å². The SMILES string of the molecule is Cc1nn(C)c2ncnc(-n3cnc4ccccc43)c12. The number of aromatic nitrogens is 6. The van der Waals surface area contributed by atoms with E-state index in [4.69, 9.17) is 0 Å². The average molecular weight is 264 g/mol. The molecule has 0 aliphatic rings. The van der Waals surface area contributed by atoms with Crippen LogP contribution < -0.4 is 0 Å². The van der Waals surface area contributed by atoms with Gasteiger partial charge in [-0.2, -0.15) is 5.10 Å². The van der Waals surface area contributed by atoms with Crippen LogP contribution in [-0.4, -0.2) is 29.3 Å². The van der Waals surface area contributed by atoms with Gasteiger partial charge >= 0.3 is 0 Å². The molecule has 0 atom stereocenters. The van der Waals surface area contributed by atoms with Gasteiger partial charge in [0, 0.05) is 7.05 Å².